The predicted molar refractivity (Wildman–Crippen MR) is 128 cm³/mol. The SMILES string of the molecule is C=CCn1c(SCC(=O)Nc2c(Cl)cccc2Cl)nnc1C(C)Oc1ccc(OC)cc1. The van der Waals surface area contributed by atoms with Crippen molar-refractivity contribution in [2.75, 3.05) is 18.2 Å². The Bertz CT molecular complexity index is 1070. The van der Waals surface area contributed by atoms with Crippen molar-refractivity contribution in [3.05, 3.63) is 71.0 Å². The Balaban J connectivity index is 1.68. The van der Waals surface area contributed by atoms with Crippen molar-refractivity contribution in [1.82, 2.24) is 14.8 Å². The van der Waals surface area contributed by atoms with Crippen LogP contribution in [0.2, 0.25) is 10.0 Å². The van der Waals surface area contributed by atoms with Gasteiger partial charge in [-0.2, -0.15) is 0 Å². The molecule has 0 bridgehead atoms. The van der Waals surface area contributed by atoms with Gasteiger partial charge in [-0.05, 0) is 43.3 Å². The predicted octanol–water partition coefficient (Wildman–Crippen LogP) is 5.65. The quantitative estimate of drug-likeness (QED) is 0.291. The number of aromatic nitrogens is 3. The third-order valence-electron chi connectivity index (χ3n) is 4.35. The van der Waals surface area contributed by atoms with Crippen molar-refractivity contribution in [2.45, 2.75) is 24.7 Å². The Morgan fingerprint density at radius 1 is 1.19 bits per heavy atom. The molecule has 10 heteroatoms. The second-order valence-electron chi connectivity index (χ2n) is 6.61. The summed E-state index contributed by atoms with van der Waals surface area (Å²) in [7, 11) is 1.61. The van der Waals surface area contributed by atoms with Gasteiger partial charge in [-0.15, -0.1) is 16.8 Å². The van der Waals surface area contributed by atoms with E-state index >= 15 is 0 Å². The third-order valence-corrected chi connectivity index (χ3v) is 5.95. The monoisotopic (exact) mass is 492 g/mol. The van der Waals surface area contributed by atoms with E-state index in [1.807, 2.05) is 35.8 Å². The first-order chi connectivity index (χ1) is 15.4. The molecule has 3 rings (SSSR count). The van der Waals surface area contributed by atoms with Crippen LogP contribution in [0.15, 0.2) is 60.3 Å². The maximum Gasteiger partial charge on any atom is 0.234 e. The molecule has 3 aromatic rings. The number of rotatable bonds is 10. The second kappa shape index (κ2) is 11.3. The summed E-state index contributed by atoms with van der Waals surface area (Å²) < 4.78 is 13.0. The number of allylic oxidation sites excluding steroid dienone is 1. The maximum atomic E-state index is 12.4. The van der Waals surface area contributed by atoms with Gasteiger partial charge in [0.05, 0.1) is 28.6 Å². The lowest BCUT2D eigenvalue weighted by Gasteiger charge is -2.16. The molecule has 1 unspecified atom stereocenters. The van der Waals surface area contributed by atoms with Crippen LogP contribution in [0.3, 0.4) is 0 Å². The first-order valence-electron chi connectivity index (χ1n) is 9.64. The molecule has 0 aliphatic rings. The van der Waals surface area contributed by atoms with Gasteiger partial charge in [0.15, 0.2) is 17.1 Å². The Morgan fingerprint density at radius 2 is 1.84 bits per heavy atom. The number of nitrogens with zero attached hydrogens (tertiary/aromatic N) is 3. The van der Waals surface area contributed by atoms with Gasteiger partial charge in [-0.1, -0.05) is 47.1 Å². The summed E-state index contributed by atoms with van der Waals surface area (Å²) in [4.78, 5) is 12.4. The molecule has 0 fully saturated rings. The number of nitrogens with one attached hydrogen (secondary N) is 1. The minimum Gasteiger partial charge on any atom is -0.497 e. The average Bonchev–Trinajstić information content (AvgIpc) is 3.18. The molecule has 0 saturated heterocycles. The van der Waals surface area contributed by atoms with Crippen LogP contribution in [0.4, 0.5) is 5.69 Å². The van der Waals surface area contributed by atoms with E-state index in [1.54, 1.807) is 31.4 Å². The zero-order valence-electron chi connectivity index (χ0n) is 17.5. The van der Waals surface area contributed by atoms with Crippen LogP contribution >= 0.6 is 35.0 Å². The smallest absolute Gasteiger partial charge is 0.234 e. The van der Waals surface area contributed by atoms with Gasteiger partial charge in [0, 0.05) is 6.54 Å². The molecule has 1 amide bonds. The molecular weight excluding hydrogens is 471 g/mol. The Kier molecular flexibility index (Phi) is 8.44. The lowest BCUT2D eigenvalue weighted by molar-refractivity contribution is -0.113. The number of hydrogen-bond donors (Lipinski definition) is 1. The molecule has 1 heterocycles. The summed E-state index contributed by atoms with van der Waals surface area (Å²) in [6, 6.07) is 12.3. The zero-order valence-corrected chi connectivity index (χ0v) is 19.9. The molecule has 7 nitrogen and oxygen atoms in total. The molecule has 1 N–H and O–H groups in total. The molecule has 2 aromatic carbocycles. The number of carbonyl (C=O) groups excluding carboxylic acids is 1. The van der Waals surface area contributed by atoms with Crippen LogP contribution in [0.5, 0.6) is 11.5 Å². The normalized spacial score (nSPS) is 11.6. The molecule has 1 atom stereocenters. The van der Waals surface area contributed by atoms with Crippen molar-refractivity contribution >= 4 is 46.6 Å². The fraction of sp³-hybridized carbons (Fsp3) is 0.227. The number of hydrogen-bond acceptors (Lipinski definition) is 6. The van der Waals surface area contributed by atoms with Gasteiger partial charge >= 0.3 is 0 Å². The number of halogens is 2. The number of amides is 1. The Hall–Kier alpha value is -2.68. The van der Waals surface area contributed by atoms with Crippen LogP contribution in [-0.2, 0) is 11.3 Å². The number of para-hydroxylation sites is 1. The van der Waals surface area contributed by atoms with Gasteiger partial charge in [-0.25, -0.2) is 0 Å². The van der Waals surface area contributed by atoms with E-state index in [-0.39, 0.29) is 17.8 Å². The van der Waals surface area contributed by atoms with Crippen molar-refractivity contribution in [1.29, 1.82) is 0 Å². The number of thioether (sulfide) groups is 1. The highest BCUT2D eigenvalue weighted by molar-refractivity contribution is 7.99. The second-order valence-corrected chi connectivity index (χ2v) is 8.37. The topological polar surface area (TPSA) is 78.3 Å². The van der Waals surface area contributed by atoms with Crippen LogP contribution in [0, 0.1) is 0 Å². The average molecular weight is 493 g/mol. The van der Waals surface area contributed by atoms with Crippen molar-refractivity contribution < 1.29 is 14.3 Å². The maximum absolute atomic E-state index is 12.4. The molecule has 0 saturated carbocycles. The van der Waals surface area contributed by atoms with E-state index in [2.05, 4.69) is 22.1 Å². The van der Waals surface area contributed by atoms with Crippen LogP contribution in [-0.4, -0.2) is 33.5 Å². The number of anilines is 1. The highest BCUT2D eigenvalue weighted by Crippen LogP contribution is 2.30. The van der Waals surface area contributed by atoms with E-state index in [4.69, 9.17) is 32.7 Å². The highest BCUT2D eigenvalue weighted by atomic mass is 35.5. The first-order valence-corrected chi connectivity index (χ1v) is 11.4. The van der Waals surface area contributed by atoms with E-state index in [1.165, 1.54) is 11.8 Å². The van der Waals surface area contributed by atoms with Crippen molar-refractivity contribution in [3.63, 3.8) is 0 Å². The lowest BCUT2D eigenvalue weighted by atomic mass is 10.3. The zero-order chi connectivity index (χ0) is 23.1. The van der Waals surface area contributed by atoms with Crippen LogP contribution in [0.25, 0.3) is 0 Å². The molecule has 0 spiro atoms. The van der Waals surface area contributed by atoms with E-state index in [0.29, 0.717) is 39.0 Å². The Morgan fingerprint density at radius 3 is 2.47 bits per heavy atom. The first kappa shape index (κ1) is 24.0. The molecule has 0 radical (unpaired) electrons. The summed E-state index contributed by atoms with van der Waals surface area (Å²) in [6.07, 6.45) is 1.36. The number of methoxy groups -OCH3 is 1. The summed E-state index contributed by atoms with van der Waals surface area (Å²) in [5.74, 6) is 1.89. The molecule has 168 valence electrons. The van der Waals surface area contributed by atoms with Crippen molar-refractivity contribution in [3.8, 4) is 11.5 Å². The van der Waals surface area contributed by atoms with Gasteiger partial charge < -0.3 is 14.8 Å². The Labute approximate surface area is 200 Å². The minimum atomic E-state index is -0.374. The van der Waals surface area contributed by atoms with E-state index in [9.17, 15) is 4.79 Å². The number of ether oxygens (including phenoxy) is 2. The molecular formula is C22H22Cl2N4O3S. The van der Waals surface area contributed by atoms with Crippen molar-refractivity contribution in [2.24, 2.45) is 0 Å². The molecule has 0 aliphatic heterocycles. The van der Waals surface area contributed by atoms with E-state index in [0.717, 1.165) is 5.75 Å². The van der Waals surface area contributed by atoms with Crippen LogP contribution in [0.1, 0.15) is 18.9 Å². The number of benzene rings is 2. The third kappa shape index (κ3) is 5.97. The standard InChI is InChI=1S/C22H22Cl2N4O3S/c1-4-12-28-21(14(2)31-16-10-8-15(30-3)9-11-16)26-27-22(28)32-13-19(29)25-20-17(23)6-5-7-18(20)24/h4-11,14H,1,12-13H2,2-3H3,(H,25,29). The summed E-state index contributed by atoms with van der Waals surface area (Å²) in [5, 5.41) is 12.6. The highest BCUT2D eigenvalue weighted by Gasteiger charge is 2.20. The largest absolute Gasteiger partial charge is 0.497 e. The summed E-state index contributed by atoms with van der Waals surface area (Å²) >= 11 is 13.5. The molecule has 0 aliphatic carbocycles. The van der Waals surface area contributed by atoms with E-state index < -0.39 is 0 Å². The minimum absolute atomic E-state index is 0.102. The lowest BCUT2D eigenvalue weighted by Crippen LogP contribution is -2.16. The molecule has 1 aromatic heterocycles. The van der Waals surface area contributed by atoms with Crippen LogP contribution < -0.4 is 14.8 Å². The summed E-state index contributed by atoms with van der Waals surface area (Å²) in [6.45, 7) is 6.16. The van der Waals surface area contributed by atoms with Gasteiger partial charge in [0.1, 0.15) is 11.5 Å². The van der Waals surface area contributed by atoms with Gasteiger partial charge in [0.2, 0.25) is 5.91 Å². The van der Waals surface area contributed by atoms with Gasteiger partial charge in [0.25, 0.3) is 0 Å². The fourth-order valence-electron chi connectivity index (χ4n) is 2.84. The fourth-order valence-corrected chi connectivity index (χ4v) is 4.09. The number of carbonyl (C=O) groups is 1. The van der Waals surface area contributed by atoms with Gasteiger partial charge in [-0.3, -0.25) is 9.36 Å². The molecule has 32 heavy (non-hydrogen) atoms. The summed E-state index contributed by atoms with van der Waals surface area (Å²) in [5.41, 5.74) is 0.385.